The van der Waals surface area contributed by atoms with Gasteiger partial charge in [-0.05, 0) is 13.3 Å². The molecule has 1 fully saturated rings. The predicted octanol–water partition coefficient (Wildman–Crippen LogP) is 1.70. The summed E-state index contributed by atoms with van der Waals surface area (Å²) in [4.78, 5) is 2.06. The summed E-state index contributed by atoms with van der Waals surface area (Å²) in [7, 11) is 0. The Balaban J connectivity index is 0.00000128. The second-order valence-corrected chi connectivity index (χ2v) is 4.06. The van der Waals surface area contributed by atoms with Gasteiger partial charge in [-0.15, -0.1) is 24.8 Å². The van der Waals surface area contributed by atoms with E-state index in [0.29, 0.717) is 26.1 Å². The molecule has 1 aliphatic rings. The molecular weight excluding hydrogens is 268 g/mol. The largest absolute Gasteiger partial charge is 0.361 e. The van der Waals surface area contributed by atoms with E-state index in [2.05, 4.69) is 10.1 Å². The predicted molar refractivity (Wildman–Crippen MR) is 68.5 cm³/mol. The number of likely N-dealkylation sites (tertiary alicyclic amines) is 1. The number of alkyl halides is 1. The Labute approximate surface area is 113 Å². The summed E-state index contributed by atoms with van der Waals surface area (Å²) in [6.07, 6.45) is 1.48. The number of aryl methyl sites for hydroxylation is 1. The number of halogens is 3. The molecule has 0 bridgehead atoms. The minimum atomic E-state index is -0.751. The van der Waals surface area contributed by atoms with Crippen molar-refractivity contribution in [3.8, 4) is 0 Å². The van der Waals surface area contributed by atoms with Gasteiger partial charge in [-0.2, -0.15) is 0 Å². The van der Waals surface area contributed by atoms with E-state index in [0.717, 1.165) is 11.3 Å². The first kappa shape index (κ1) is 16.6. The van der Waals surface area contributed by atoms with E-state index < -0.39 is 6.17 Å². The van der Waals surface area contributed by atoms with Gasteiger partial charge in [0.05, 0.1) is 6.20 Å². The first-order chi connectivity index (χ1) is 7.20. The van der Waals surface area contributed by atoms with Crippen molar-refractivity contribution in [2.75, 3.05) is 13.1 Å². The number of nitrogens with zero attached hydrogens (tertiary/aromatic N) is 2. The van der Waals surface area contributed by atoms with Crippen LogP contribution in [0.15, 0.2) is 10.7 Å². The van der Waals surface area contributed by atoms with Crippen molar-refractivity contribution >= 4 is 24.8 Å². The minimum absolute atomic E-state index is 0. The van der Waals surface area contributed by atoms with Crippen LogP contribution in [0.25, 0.3) is 0 Å². The second-order valence-electron chi connectivity index (χ2n) is 4.06. The maximum absolute atomic E-state index is 13.2. The van der Waals surface area contributed by atoms with Crippen LogP contribution in [-0.4, -0.2) is 35.4 Å². The fourth-order valence-corrected chi connectivity index (χ4v) is 2.05. The van der Waals surface area contributed by atoms with Crippen molar-refractivity contribution in [3.63, 3.8) is 0 Å². The Morgan fingerprint density at radius 2 is 2.29 bits per heavy atom. The molecule has 1 aromatic heterocycles. The number of rotatable bonds is 3. The van der Waals surface area contributed by atoms with Crippen LogP contribution < -0.4 is 5.73 Å². The van der Waals surface area contributed by atoms with Crippen LogP contribution in [0.5, 0.6) is 0 Å². The van der Waals surface area contributed by atoms with Crippen molar-refractivity contribution in [1.82, 2.24) is 10.1 Å². The summed E-state index contributed by atoms with van der Waals surface area (Å²) in [5.74, 6) is 0.799. The maximum Gasteiger partial charge on any atom is 0.138 e. The number of hydrogen-bond donors (Lipinski definition) is 1. The molecule has 0 radical (unpaired) electrons. The average Bonchev–Trinajstić information content (AvgIpc) is 2.75. The van der Waals surface area contributed by atoms with Crippen molar-refractivity contribution < 1.29 is 8.91 Å². The summed E-state index contributed by atoms with van der Waals surface area (Å²) in [5.41, 5.74) is 6.62. The van der Waals surface area contributed by atoms with Gasteiger partial charge in [0, 0.05) is 31.2 Å². The van der Waals surface area contributed by atoms with Gasteiger partial charge in [-0.1, -0.05) is 5.16 Å². The van der Waals surface area contributed by atoms with E-state index in [9.17, 15) is 4.39 Å². The maximum atomic E-state index is 13.2. The molecular formula is C10H18Cl2FN3O. The lowest BCUT2D eigenvalue weighted by molar-refractivity contribution is 0.237. The Morgan fingerprint density at radius 3 is 2.82 bits per heavy atom. The third kappa shape index (κ3) is 3.81. The highest BCUT2D eigenvalue weighted by molar-refractivity contribution is 5.85. The average molecular weight is 286 g/mol. The van der Waals surface area contributed by atoms with Crippen LogP contribution in [0.1, 0.15) is 17.7 Å². The fourth-order valence-electron chi connectivity index (χ4n) is 2.05. The lowest BCUT2D eigenvalue weighted by Crippen LogP contribution is -2.34. The molecule has 17 heavy (non-hydrogen) atoms. The van der Waals surface area contributed by atoms with Gasteiger partial charge in [0.1, 0.15) is 11.9 Å². The minimum Gasteiger partial charge on any atom is -0.361 e. The van der Waals surface area contributed by atoms with Gasteiger partial charge >= 0.3 is 0 Å². The number of nitrogens with two attached hydrogens (primary N) is 1. The van der Waals surface area contributed by atoms with Crippen molar-refractivity contribution in [1.29, 1.82) is 0 Å². The molecule has 0 saturated carbocycles. The monoisotopic (exact) mass is 285 g/mol. The van der Waals surface area contributed by atoms with Crippen molar-refractivity contribution in [2.24, 2.45) is 5.73 Å². The smallest absolute Gasteiger partial charge is 0.138 e. The van der Waals surface area contributed by atoms with Gasteiger partial charge in [0.2, 0.25) is 0 Å². The molecule has 2 N–H and O–H groups in total. The zero-order valence-corrected chi connectivity index (χ0v) is 11.3. The topological polar surface area (TPSA) is 55.3 Å². The van der Waals surface area contributed by atoms with E-state index in [1.54, 1.807) is 6.20 Å². The Morgan fingerprint density at radius 1 is 1.59 bits per heavy atom. The first-order valence-corrected chi connectivity index (χ1v) is 5.19. The summed E-state index contributed by atoms with van der Waals surface area (Å²) in [6, 6.07) is 0.147. The lowest BCUT2D eigenvalue weighted by atomic mass is 10.2. The zero-order valence-electron chi connectivity index (χ0n) is 9.63. The molecule has 2 rings (SSSR count). The van der Waals surface area contributed by atoms with E-state index in [1.807, 2.05) is 6.92 Å². The molecule has 2 heterocycles. The quantitative estimate of drug-likeness (QED) is 0.919. The molecule has 0 amide bonds. The standard InChI is InChI=1S/C10H16FN3O.2ClH/c1-7-8(4-13-15-7)5-14-6-9(11)2-10(14)3-12;;/h4,9-10H,2-3,5-6,12H2,1H3;2*1H. The summed E-state index contributed by atoms with van der Waals surface area (Å²) in [6.45, 7) is 3.51. The van der Waals surface area contributed by atoms with Crippen LogP contribution in [0.3, 0.4) is 0 Å². The van der Waals surface area contributed by atoms with Gasteiger partial charge < -0.3 is 10.3 Å². The third-order valence-corrected chi connectivity index (χ3v) is 2.97. The van der Waals surface area contributed by atoms with Gasteiger partial charge in [0.25, 0.3) is 0 Å². The molecule has 1 aliphatic heterocycles. The molecule has 2 unspecified atom stereocenters. The molecule has 100 valence electrons. The molecule has 0 spiro atoms. The number of aromatic nitrogens is 1. The molecule has 0 aromatic carbocycles. The molecule has 2 atom stereocenters. The van der Waals surface area contributed by atoms with Crippen LogP contribution in [0.2, 0.25) is 0 Å². The van der Waals surface area contributed by atoms with E-state index in [-0.39, 0.29) is 30.9 Å². The highest BCUT2D eigenvalue weighted by atomic mass is 35.5. The Kier molecular flexibility index (Phi) is 7.01. The molecule has 1 saturated heterocycles. The highest BCUT2D eigenvalue weighted by Gasteiger charge is 2.31. The van der Waals surface area contributed by atoms with Crippen LogP contribution in [0.4, 0.5) is 4.39 Å². The normalized spacial score (nSPS) is 24.2. The second kappa shape index (κ2) is 7.16. The first-order valence-electron chi connectivity index (χ1n) is 5.19. The number of hydrogen-bond acceptors (Lipinski definition) is 4. The summed E-state index contributed by atoms with van der Waals surface area (Å²) < 4.78 is 18.2. The molecule has 7 heteroatoms. The van der Waals surface area contributed by atoms with Gasteiger partial charge in [-0.3, -0.25) is 4.90 Å². The van der Waals surface area contributed by atoms with Crippen molar-refractivity contribution in [2.45, 2.75) is 32.1 Å². The Hall–Kier alpha value is -0.360. The Bertz CT molecular complexity index is 337. The molecule has 0 aliphatic carbocycles. The van der Waals surface area contributed by atoms with E-state index >= 15 is 0 Å². The van der Waals surface area contributed by atoms with Gasteiger partial charge in [0.15, 0.2) is 0 Å². The SMILES string of the molecule is Cc1oncc1CN1CC(F)CC1CN.Cl.Cl. The third-order valence-electron chi connectivity index (χ3n) is 2.97. The zero-order chi connectivity index (χ0) is 10.8. The summed E-state index contributed by atoms with van der Waals surface area (Å²) >= 11 is 0. The van der Waals surface area contributed by atoms with E-state index in [1.165, 1.54) is 0 Å². The lowest BCUT2D eigenvalue weighted by Gasteiger charge is -2.21. The highest BCUT2D eigenvalue weighted by Crippen LogP contribution is 2.22. The van der Waals surface area contributed by atoms with E-state index in [4.69, 9.17) is 10.3 Å². The van der Waals surface area contributed by atoms with Crippen LogP contribution in [0, 0.1) is 6.92 Å². The van der Waals surface area contributed by atoms with Crippen molar-refractivity contribution in [3.05, 3.63) is 17.5 Å². The van der Waals surface area contributed by atoms with Crippen LogP contribution in [-0.2, 0) is 6.54 Å². The fraction of sp³-hybridized carbons (Fsp3) is 0.700. The summed E-state index contributed by atoms with van der Waals surface area (Å²) in [5, 5.41) is 3.71. The van der Waals surface area contributed by atoms with Gasteiger partial charge in [-0.25, -0.2) is 4.39 Å². The molecule has 4 nitrogen and oxygen atoms in total. The van der Waals surface area contributed by atoms with Crippen LogP contribution >= 0.6 is 24.8 Å². The molecule has 1 aromatic rings.